The molecule has 0 aromatic heterocycles. The van der Waals surface area contributed by atoms with Gasteiger partial charge in [-0.25, -0.2) is 9.18 Å². The molecule has 3 nitrogen and oxygen atoms in total. The summed E-state index contributed by atoms with van der Waals surface area (Å²) in [6.07, 6.45) is 1.94. The minimum absolute atomic E-state index is 0.148. The smallest absolute Gasteiger partial charge is 0.335 e. The summed E-state index contributed by atoms with van der Waals surface area (Å²) in [4.78, 5) is 13.5. The van der Waals surface area contributed by atoms with Crippen LogP contribution in [0, 0.1) is 12.7 Å². The number of aryl methyl sites for hydroxylation is 1. The summed E-state index contributed by atoms with van der Waals surface area (Å²) in [5.74, 6) is -0.654. The van der Waals surface area contributed by atoms with Crippen LogP contribution in [0.2, 0.25) is 0 Å². The van der Waals surface area contributed by atoms with Gasteiger partial charge in [0, 0.05) is 12.1 Å². The second-order valence-electron chi connectivity index (χ2n) is 6.52. The van der Waals surface area contributed by atoms with Crippen LogP contribution in [-0.2, 0) is 6.54 Å². The van der Waals surface area contributed by atoms with E-state index in [4.69, 9.17) is 0 Å². The van der Waals surface area contributed by atoms with E-state index in [0.29, 0.717) is 18.0 Å². The van der Waals surface area contributed by atoms with Gasteiger partial charge < -0.3 is 5.11 Å². The molecule has 0 unspecified atom stereocenters. The van der Waals surface area contributed by atoms with Crippen LogP contribution < -0.4 is 0 Å². The summed E-state index contributed by atoms with van der Waals surface area (Å²) < 4.78 is 13.8. The first-order valence-electron chi connectivity index (χ1n) is 8.34. The molecule has 0 spiro atoms. The average molecular weight is 327 g/mol. The van der Waals surface area contributed by atoms with Crippen molar-refractivity contribution in [2.75, 3.05) is 13.1 Å². The van der Waals surface area contributed by atoms with E-state index < -0.39 is 5.97 Å². The maximum absolute atomic E-state index is 13.8. The predicted octanol–water partition coefficient (Wildman–Crippen LogP) is 4.21. The monoisotopic (exact) mass is 327 g/mol. The van der Waals surface area contributed by atoms with Gasteiger partial charge in [-0.1, -0.05) is 24.3 Å². The van der Waals surface area contributed by atoms with E-state index in [-0.39, 0.29) is 5.82 Å². The Kier molecular flexibility index (Phi) is 4.95. The second kappa shape index (κ2) is 7.14. The van der Waals surface area contributed by atoms with Crippen molar-refractivity contribution >= 4 is 5.97 Å². The SMILES string of the molecule is Cc1ccc(C(=O)O)cc1C1CCN(Cc2ccccc2F)CC1. The first-order chi connectivity index (χ1) is 11.5. The zero-order valence-electron chi connectivity index (χ0n) is 13.8. The number of piperidine rings is 1. The molecule has 1 N–H and O–H groups in total. The summed E-state index contributed by atoms with van der Waals surface area (Å²) in [6, 6.07) is 12.3. The van der Waals surface area contributed by atoms with E-state index in [9.17, 15) is 14.3 Å². The summed E-state index contributed by atoms with van der Waals surface area (Å²) in [6.45, 7) is 4.46. The summed E-state index contributed by atoms with van der Waals surface area (Å²) >= 11 is 0. The Balaban J connectivity index is 1.66. The molecule has 0 saturated carbocycles. The topological polar surface area (TPSA) is 40.5 Å². The van der Waals surface area contributed by atoms with Crippen molar-refractivity contribution in [2.45, 2.75) is 32.2 Å². The number of halogens is 1. The van der Waals surface area contributed by atoms with Crippen molar-refractivity contribution < 1.29 is 14.3 Å². The number of carboxylic acids is 1. The van der Waals surface area contributed by atoms with Crippen LogP contribution in [0.1, 0.15) is 45.8 Å². The van der Waals surface area contributed by atoms with E-state index in [0.717, 1.165) is 42.6 Å². The largest absolute Gasteiger partial charge is 0.478 e. The molecule has 2 aromatic carbocycles. The van der Waals surface area contributed by atoms with Gasteiger partial charge in [0.1, 0.15) is 5.82 Å². The minimum Gasteiger partial charge on any atom is -0.478 e. The maximum Gasteiger partial charge on any atom is 0.335 e. The van der Waals surface area contributed by atoms with Gasteiger partial charge in [0.15, 0.2) is 0 Å². The highest BCUT2D eigenvalue weighted by atomic mass is 19.1. The highest BCUT2D eigenvalue weighted by Crippen LogP contribution is 2.31. The van der Waals surface area contributed by atoms with Crippen LogP contribution in [0.25, 0.3) is 0 Å². The molecule has 3 rings (SSSR count). The molecule has 24 heavy (non-hydrogen) atoms. The molecule has 0 aliphatic carbocycles. The number of hydrogen-bond donors (Lipinski definition) is 1. The molecule has 126 valence electrons. The first-order valence-corrected chi connectivity index (χ1v) is 8.34. The summed E-state index contributed by atoms with van der Waals surface area (Å²) in [5, 5.41) is 9.19. The van der Waals surface area contributed by atoms with Gasteiger partial charge >= 0.3 is 5.97 Å². The lowest BCUT2D eigenvalue weighted by Crippen LogP contribution is -2.33. The number of benzene rings is 2. The Morgan fingerprint density at radius 3 is 2.58 bits per heavy atom. The molecule has 0 radical (unpaired) electrons. The van der Waals surface area contributed by atoms with Crippen molar-refractivity contribution in [3.63, 3.8) is 0 Å². The standard InChI is InChI=1S/C20H22FNO2/c1-14-6-7-16(20(23)24)12-18(14)15-8-10-22(11-9-15)13-17-4-2-3-5-19(17)21/h2-7,12,15H,8-11,13H2,1H3,(H,23,24). The lowest BCUT2D eigenvalue weighted by atomic mass is 9.86. The van der Waals surface area contributed by atoms with Crippen molar-refractivity contribution in [1.29, 1.82) is 0 Å². The molecule has 0 amide bonds. The Labute approximate surface area is 141 Å². The van der Waals surface area contributed by atoms with Crippen LogP contribution in [0.4, 0.5) is 4.39 Å². The van der Waals surface area contributed by atoms with Crippen molar-refractivity contribution in [2.24, 2.45) is 0 Å². The molecule has 0 atom stereocenters. The second-order valence-corrected chi connectivity index (χ2v) is 6.52. The quantitative estimate of drug-likeness (QED) is 0.914. The number of carbonyl (C=O) groups is 1. The molecule has 1 aliphatic rings. The van der Waals surface area contributed by atoms with Crippen LogP contribution in [-0.4, -0.2) is 29.1 Å². The molecule has 1 aliphatic heterocycles. The molecular weight excluding hydrogens is 305 g/mol. The van der Waals surface area contributed by atoms with Gasteiger partial charge in [-0.05, 0) is 68.1 Å². The molecule has 1 heterocycles. The lowest BCUT2D eigenvalue weighted by molar-refractivity contribution is 0.0696. The molecule has 0 bridgehead atoms. The highest BCUT2D eigenvalue weighted by molar-refractivity contribution is 5.87. The third-order valence-corrected chi connectivity index (χ3v) is 4.91. The Hall–Kier alpha value is -2.20. The molecular formula is C20H22FNO2. The number of likely N-dealkylation sites (tertiary alicyclic amines) is 1. The fraction of sp³-hybridized carbons (Fsp3) is 0.350. The fourth-order valence-corrected chi connectivity index (χ4v) is 3.48. The molecule has 1 fully saturated rings. The predicted molar refractivity (Wildman–Crippen MR) is 91.8 cm³/mol. The van der Waals surface area contributed by atoms with E-state index in [1.165, 1.54) is 6.07 Å². The average Bonchev–Trinajstić information content (AvgIpc) is 2.58. The van der Waals surface area contributed by atoms with Crippen molar-refractivity contribution in [1.82, 2.24) is 4.90 Å². The van der Waals surface area contributed by atoms with Gasteiger partial charge in [0.05, 0.1) is 5.56 Å². The van der Waals surface area contributed by atoms with Gasteiger partial charge in [-0.3, -0.25) is 4.90 Å². The molecule has 2 aromatic rings. The van der Waals surface area contributed by atoms with E-state index in [1.807, 2.05) is 31.2 Å². The van der Waals surface area contributed by atoms with Gasteiger partial charge in [0.2, 0.25) is 0 Å². The maximum atomic E-state index is 13.8. The van der Waals surface area contributed by atoms with E-state index in [1.54, 1.807) is 12.1 Å². The zero-order chi connectivity index (χ0) is 17.1. The van der Waals surface area contributed by atoms with Crippen LogP contribution in [0.15, 0.2) is 42.5 Å². The Morgan fingerprint density at radius 1 is 1.21 bits per heavy atom. The van der Waals surface area contributed by atoms with Gasteiger partial charge in [-0.2, -0.15) is 0 Å². The lowest BCUT2D eigenvalue weighted by Gasteiger charge is -2.33. The Bertz CT molecular complexity index is 736. The summed E-state index contributed by atoms with van der Waals surface area (Å²) in [5.41, 5.74) is 3.37. The van der Waals surface area contributed by atoms with Crippen molar-refractivity contribution in [3.05, 3.63) is 70.5 Å². The zero-order valence-corrected chi connectivity index (χ0v) is 13.8. The normalized spacial score (nSPS) is 16.2. The first kappa shape index (κ1) is 16.7. The number of aromatic carboxylic acids is 1. The third kappa shape index (κ3) is 3.65. The third-order valence-electron chi connectivity index (χ3n) is 4.91. The van der Waals surface area contributed by atoms with Crippen molar-refractivity contribution in [3.8, 4) is 0 Å². The van der Waals surface area contributed by atoms with Gasteiger partial charge in [0.25, 0.3) is 0 Å². The fourth-order valence-electron chi connectivity index (χ4n) is 3.48. The Morgan fingerprint density at radius 2 is 1.92 bits per heavy atom. The van der Waals surface area contributed by atoms with E-state index >= 15 is 0 Å². The summed E-state index contributed by atoms with van der Waals surface area (Å²) in [7, 11) is 0. The number of carboxylic acid groups (broad SMARTS) is 1. The molecule has 4 heteroatoms. The van der Waals surface area contributed by atoms with E-state index in [2.05, 4.69) is 4.90 Å². The highest BCUT2D eigenvalue weighted by Gasteiger charge is 2.23. The van der Waals surface area contributed by atoms with Gasteiger partial charge in [-0.15, -0.1) is 0 Å². The number of hydrogen-bond acceptors (Lipinski definition) is 2. The molecule has 1 saturated heterocycles. The van der Waals surface area contributed by atoms with Crippen LogP contribution in [0.5, 0.6) is 0 Å². The number of rotatable bonds is 4. The number of nitrogens with zero attached hydrogens (tertiary/aromatic N) is 1. The minimum atomic E-state index is -0.881. The van der Waals surface area contributed by atoms with Crippen LogP contribution in [0.3, 0.4) is 0 Å². The van der Waals surface area contributed by atoms with Crippen LogP contribution >= 0.6 is 0 Å².